The van der Waals surface area contributed by atoms with Crippen molar-refractivity contribution >= 4 is 22.3 Å². The highest BCUT2D eigenvalue weighted by atomic mass is 32.1. The molecule has 0 unspecified atom stereocenters. The lowest BCUT2D eigenvalue weighted by Gasteiger charge is -2.37. The fraction of sp³-hybridized carbons (Fsp3) is 0.304. The van der Waals surface area contributed by atoms with Crippen molar-refractivity contribution in [3.05, 3.63) is 65.7 Å². The molecule has 0 amide bonds. The highest BCUT2D eigenvalue weighted by molar-refractivity contribution is 7.14. The van der Waals surface area contributed by atoms with E-state index in [9.17, 15) is 0 Å². The number of nitrogens with zero attached hydrogens (tertiary/aromatic N) is 4. The molecule has 1 N–H and O–H groups in total. The summed E-state index contributed by atoms with van der Waals surface area (Å²) in [6.45, 7) is 4.56. The van der Waals surface area contributed by atoms with Gasteiger partial charge in [0, 0.05) is 52.0 Å². The summed E-state index contributed by atoms with van der Waals surface area (Å²) in [5, 5.41) is 6.92. The zero-order valence-electron chi connectivity index (χ0n) is 17.8. The van der Waals surface area contributed by atoms with E-state index in [0.717, 1.165) is 49.2 Å². The maximum Gasteiger partial charge on any atom is 0.219 e. The van der Waals surface area contributed by atoms with Gasteiger partial charge in [-0.05, 0) is 47.3 Å². The van der Waals surface area contributed by atoms with Crippen LogP contribution < -0.4 is 19.7 Å². The average molecular weight is 438 g/mol. The first-order valence-electron chi connectivity index (χ1n) is 10.3. The van der Waals surface area contributed by atoms with E-state index in [1.54, 1.807) is 18.4 Å². The third kappa shape index (κ3) is 5.46. The number of anilines is 1. The van der Waals surface area contributed by atoms with Crippen molar-refractivity contribution < 1.29 is 9.47 Å². The van der Waals surface area contributed by atoms with Crippen LogP contribution in [0.3, 0.4) is 0 Å². The number of rotatable bonds is 6. The second-order valence-corrected chi connectivity index (χ2v) is 8.03. The summed E-state index contributed by atoms with van der Waals surface area (Å²) in [6.07, 6.45) is 1.83. The lowest BCUT2D eigenvalue weighted by atomic mass is 10.3. The minimum Gasteiger partial charge on any atom is -0.497 e. The molecule has 0 spiro atoms. The van der Waals surface area contributed by atoms with E-state index in [-0.39, 0.29) is 0 Å². The van der Waals surface area contributed by atoms with E-state index in [0.29, 0.717) is 12.4 Å². The highest BCUT2D eigenvalue weighted by Gasteiger charge is 2.20. The number of aliphatic imine (C=N–C) groups is 1. The van der Waals surface area contributed by atoms with E-state index >= 15 is 0 Å². The fourth-order valence-corrected chi connectivity index (χ4v) is 4.23. The van der Waals surface area contributed by atoms with Crippen LogP contribution in [0.2, 0.25) is 0 Å². The van der Waals surface area contributed by atoms with Crippen LogP contribution in [0.15, 0.2) is 65.1 Å². The van der Waals surface area contributed by atoms with Gasteiger partial charge in [-0.3, -0.25) is 4.99 Å². The van der Waals surface area contributed by atoms with Gasteiger partial charge < -0.3 is 24.6 Å². The molecule has 8 heteroatoms. The molecule has 3 heterocycles. The van der Waals surface area contributed by atoms with Gasteiger partial charge in [0.25, 0.3) is 0 Å². The van der Waals surface area contributed by atoms with E-state index in [2.05, 4.69) is 42.6 Å². The molecule has 1 saturated heterocycles. The zero-order chi connectivity index (χ0) is 21.5. The standard InChI is InChI=1S/C23H27N5O2S/c1-24-23(28-13-11-27(12-14-28)22-4-3-15-31-22)26-17-18-5-10-21(25-16-18)30-20-8-6-19(29-2)7-9-20/h3-10,15-16H,11-14,17H2,1-2H3,(H,24,26). The molecule has 1 aromatic carbocycles. The van der Waals surface area contributed by atoms with Crippen molar-refractivity contribution in [3.63, 3.8) is 0 Å². The molecule has 1 aliphatic heterocycles. The summed E-state index contributed by atoms with van der Waals surface area (Å²) < 4.78 is 11.0. The summed E-state index contributed by atoms with van der Waals surface area (Å²) in [6, 6.07) is 15.6. The first kappa shape index (κ1) is 21.0. The number of hydrogen-bond donors (Lipinski definition) is 1. The molecule has 0 aliphatic carbocycles. The molecule has 1 aliphatic rings. The van der Waals surface area contributed by atoms with Crippen LogP contribution in [-0.2, 0) is 6.54 Å². The number of guanidine groups is 1. The number of thiophene rings is 1. The Kier molecular flexibility index (Phi) is 6.89. The average Bonchev–Trinajstić information content (AvgIpc) is 3.36. The Labute approximate surface area is 187 Å². The summed E-state index contributed by atoms with van der Waals surface area (Å²) >= 11 is 1.79. The zero-order valence-corrected chi connectivity index (χ0v) is 18.6. The van der Waals surface area contributed by atoms with E-state index in [1.165, 1.54) is 5.00 Å². The Morgan fingerprint density at radius 3 is 2.45 bits per heavy atom. The molecule has 4 rings (SSSR count). The van der Waals surface area contributed by atoms with Crippen molar-refractivity contribution in [2.75, 3.05) is 45.2 Å². The third-order valence-electron chi connectivity index (χ3n) is 5.14. The number of pyridine rings is 1. The summed E-state index contributed by atoms with van der Waals surface area (Å²) in [5.41, 5.74) is 1.07. The van der Waals surface area contributed by atoms with Crippen molar-refractivity contribution in [2.24, 2.45) is 4.99 Å². The van der Waals surface area contributed by atoms with E-state index in [1.807, 2.05) is 49.6 Å². The van der Waals surface area contributed by atoms with Gasteiger partial charge in [0.1, 0.15) is 11.5 Å². The lowest BCUT2D eigenvalue weighted by molar-refractivity contribution is 0.373. The number of benzene rings is 1. The highest BCUT2D eigenvalue weighted by Crippen LogP contribution is 2.23. The van der Waals surface area contributed by atoms with Gasteiger partial charge in [-0.2, -0.15) is 0 Å². The van der Waals surface area contributed by atoms with Gasteiger partial charge in [0.15, 0.2) is 5.96 Å². The normalized spacial score (nSPS) is 14.5. The molecule has 0 saturated carbocycles. The lowest BCUT2D eigenvalue weighted by Crippen LogP contribution is -2.52. The molecular weight excluding hydrogens is 410 g/mol. The Morgan fingerprint density at radius 1 is 1.06 bits per heavy atom. The SMILES string of the molecule is CN=C(NCc1ccc(Oc2ccc(OC)cc2)nc1)N1CCN(c2cccs2)CC1. The number of methoxy groups -OCH3 is 1. The van der Waals surface area contributed by atoms with Crippen LogP contribution in [0, 0.1) is 0 Å². The van der Waals surface area contributed by atoms with E-state index < -0.39 is 0 Å². The fourth-order valence-electron chi connectivity index (χ4n) is 3.44. The number of aromatic nitrogens is 1. The van der Waals surface area contributed by atoms with Gasteiger partial charge in [-0.15, -0.1) is 11.3 Å². The second kappa shape index (κ2) is 10.2. The molecule has 1 fully saturated rings. The molecule has 7 nitrogen and oxygen atoms in total. The molecule has 162 valence electrons. The molecular formula is C23H27N5O2S. The second-order valence-electron chi connectivity index (χ2n) is 7.11. The van der Waals surface area contributed by atoms with E-state index in [4.69, 9.17) is 9.47 Å². The third-order valence-corrected chi connectivity index (χ3v) is 6.07. The number of nitrogens with one attached hydrogen (secondary N) is 1. The van der Waals surface area contributed by atoms with Crippen molar-refractivity contribution in [2.45, 2.75) is 6.54 Å². The van der Waals surface area contributed by atoms with Crippen LogP contribution in [0.5, 0.6) is 17.4 Å². The first-order valence-corrected chi connectivity index (χ1v) is 11.1. The summed E-state index contributed by atoms with van der Waals surface area (Å²) in [5.74, 6) is 3.00. The molecule has 2 aromatic heterocycles. The van der Waals surface area contributed by atoms with Gasteiger partial charge in [0.05, 0.1) is 12.1 Å². The predicted octanol–water partition coefficient (Wildman–Crippen LogP) is 3.84. The Bertz CT molecular complexity index is 966. The summed E-state index contributed by atoms with van der Waals surface area (Å²) in [4.78, 5) is 13.6. The minimum atomic E-state index is 0.558. The van der Waals surface area contributed by atoms with Crippen molar-refractivity contribution in [3.8, 4) is 17.4 Å². The van der Waals surface area contributed by atoms with Gasteiger partial charge >= 0.3 is 0 Å². The van der Waals surface area contributed by atoms with Gasteiger partial charge in [0.2, 0.25) is 5.88 Å². The number of ether oxygens (including phenoxy) is 2. The van der Waals surface area contributed by atoms with Crippen LogP contribution in [0.25, 0.3) is 0 Å². The largest absolute Gasteiger partial charge is 0.497 e. The Morgan fingerprint density at radius 2 is 1.84 bits per heavy atom. The van der Waals surface area contributed by atoms with Crippen LogP contribution >= 0.6 is 11.3 Å². The smallest absolute Gasteiger partial charge is 0.219 e. The van der Waals surface area contributed by atoms with Crippen LogP contribution in [0.4, 0.5) is 5.00 Å². The quantitative estimate of drug-likeness (QED) is 0.467. The van der Waals surface area contributed by atoms with Crippen LogP contribution in [0.1, 0.15) is 5.56 Å². The number of hydrogen-bond acceptors (Lipinski definition) is 6. The topological polar surface area (TPSA) is 62.2 Å². The van der Waals surface area contributed by atoms with Crippen molar-refractivity contribution in [1.82, 2.24) is 15.2 Å². The number of piperazine rings is 1. The molecule has 3 aromatic rings. The maximum absolute atomic E-state index is 5.79. The maximum atomic E-state index is 5.79. The monoisotopic (exact) mass is 437 g/mol. The Balaban J connectivity index is 1.27. The summed E-state index contributed by atoms with van der Waals surface area (Å²) in [7, 11) is 3.47. The molecule has 0 atom stereocenters. The predicted molar refractivity (Wildman–Crippen MR) is 126 cm³/mol. The Hall–Kier alpha value is -3.26. The van der Waals surface area contributed by atoms with Crippen LogP contribution in [-0.4, -0.2) is 56.2 Å². The van der Waals surface area contributed by atoms with Gasteiger partial charge in [-0.1, -0.05) is 6.07 Å². The van der Waals surface area contributed by atoms with Gasteiger partial charge in [-0.25, -0.2) is 4.98 Å². The van der Waals surface area contributed by atoms with Crippen molar-refractivity contribution in [1.29, 1.82) is 0 Å². The minimum absolute atomic E-state index is 0.558. The first-order chi connectivity index (χ1) is 15.2. The molecule has 0 bridgehead atoms. The molecule has 0 radical (unpaired) electrons. The molecule has 31 heavy (non-hydrogen) atoms.